The second-order valence-corrected chi connectivity index (χ2v) is 3.04. The minimum absolute atomic E-state index is 0.253. The van der Waals surface area contributed by atoms with E-state index in [1.807, 2.05) is 13.8 Å². The van der Waals surface area contributed by atoms with Gasteiger partial charge in [-0.2, -0.15) is 0 Å². The molecule has 0 aliphatic rings. The lowest BCUT2D eigenvalue weighted by atomic mass is 10.0. The molecule has 1 aromatic carbocycles. The van der Waals surface area contributed by atoms with Gasteiger partial charge in [-0.15, -0.1) is 0 Å². The Kier molecular flexibility index (Phi) is 5.93. The van der Waals surface area contributed by atoms with E-state index < -0.39 is 0 Å². The standard InChI is InChI=1S/C10H13FO.C2H6/c1-7(2)9-5-4-8(11)6-10(9)12-3;1-2/h4-7H,1-3H3;1-2H3. The predicted octanol–water partition coefficient (Wildman–Crippen LogP) is 3.98. The van der Waals surface area contributed by atoms with Gasteiger partial charge in [0.15, 0.2) is 0 Å². The Morgan fingerprint density at radius 2 is 1.79 bits per heavy atom. The van der Waals surface area contributed by atoms with E-state index >= 15 is 0 Å². The monoisotopic (exact) mass is 198 g/mol. The summed E-state index contributed by atoms with van der Waals surface area (Å²) in [4.78, 5) is 0. The zero-order valence-corrected chi connectivity index (χ0v) is 9.60. The Balaban J connectivity index is 0.000000791. The van der Waals surface area contributed by atoms with Crippen LogP contribution in [-0.4, -0.2) is 7.11 Å². The fourth-order valence-electron chi connectivity index (χ4n) is 1.16. The molecule has 0 N–H and O–H groups in total. The van der Waals surface area contributed by atoms with Gasteiger partial charge in [-0.25, -0.2) is 4.39 Å². The number of hydrogen-bond acceptors (Lipinski definition) is 1. The van der Waals surface area contributed by atoms with Crippen LogP contribution in [0.2, 0.25) is 0 Å². The lowest BCUT2D eigenvalue weighted by Gasteiger charge is -2.10. The van der Waals surface area contributed by atoms with Crippen LogP contribution < -0.4 is 4.74 Å². The molecule has 0 aromatic heterocycles. The van der Waals surface area contributed by atoms with Gasteiger partial charge in [-0.1, -0.05) is 33.8 Å². The fourth-order valence-corrected chi connectivity index (χ4v) is 1.16. The third kappa shape index (κ3) is 3.36. The number of halogens is 1. The first kappa shape index (κ1) is 12.9. The van der Waals surface area contributed by atoms with Crippen LogP contribution in [0.1, 0.15) is 39.2 Å². The molecule has 1 aromatic rings. The molecule has 1 rings (SSSR count). The molecule has 0 saturated heterocycles. The Hall–Kier alpha value is -1.05. The topological polar surface area (TPSA) is 9.23 Å². The predicted molar refractivity (Wildman–Crippen MR) is 58.4 cm³/mol. The maximum absolute atomic E-state index is 12.7. The van der Waals surface area contributed by atoms with Crippen LogP contribution in [0.25, 0.3) is 0 Å². The molecular formula is C12H19FO. The van der Waals surface area contributed by atoms with E-state index in [2.05, 4.69) is 13.8 Å². The summed E-state index contributed by atoms with van der Waals surface area (Å²) in [5.74, 6) is 0.738. The largest absolute Gasteiger partial charge is 0.496 e. The summed E-state index contributed by atoms with van der Waals surface area (Å²) in [6.07, 6.45) is 0. The first-order valence-electron chi connectivity index (χ1n) is 4.98. The minimum Gasteiger partial charge on any atom is -0.496 e. The zero-order chi connectivity index (χ0) is 11.1. The van der Waals surface area contributed by atoms with Crippen LogP contribution in [0.15, 0.2) is 18.2 Å². The van der Waals surface area contributed by atoms with Crippen molar-refractivity contribution in [2.24, 2.45) is 0 Å². The SMILES string of the molecule is CC.COc1cc(F)ccc1C(C)C. The van der Waals surface area contributed by atoms with Crippen molar-refractivity contribution in [2.75, 3.05) is 7.11 Å². The van der Waals surface area contributed by atoms with Crippen LogP contribution in [0.5, 0.6) is 5.75 Å². The molecular weight excluding hydrogens is 179 g/mol. The van der Waals surface area contributed by atoms with Crippen LogP contribution in [0.4, 0.5) is 4.39 Å². The summed E-state index contributed by atoms with van der Waals surface area (Å²) in [6.45, 7) is 8.10. The maximum Gasteiger partial charge on any atom is 0.126 e. The summed E-state index contributed by atoms with van der Waals surface area (Å²) in [6, 6.07) is 4.63. The average Bonchev–Trinajstić information content (AvgIpc) is 2.20. The fraction of sp³-hybridized carbons (Fsp3) is 0.500. The van der Waals surface area contributed by atoms with E-state index in [9.17, 15) is 4.39 Å². The van der Waals surface area contributed by atoms with Crippen LogP contribution >= 0.6 is 0 Å². The van der Waals surface area contributed by atoms with Crippen LogP contribution in [0.3, 0.4) is 0 Å². The molecule has 0 radical (unpaired) electrons. The van der Waals surface area contributed by atoms with Crippen molar-refractivity contribution in [3.05, 3.63) is 29.6 Å². The van der Waals surface area contributed by atoms with E-state index in [0.717, 1.165) is 5.56 Å². The highest BCUT2D eigenvalue weighted by Crippen LogP contribution is 2.26. The average molecular weight is 198 g/mol. The van der Waals surface area contributed by atoms with Crippen molar-refractivity contribution < 1.29 is 9.13 Å². The second-order valence-electron chi connectivity index (χ2n) is 3.04. The van der Waals surface area contributed by atoms with E-state index in [0.29, 0.717) is 11.7 Å². The maximum atomic E-state index is 12.7. The van der Waals surface area contributed by atoms with E-state index in [-0.39, 0.29) is 5.82 Å². The van der Waals surface area contributed by atoms with Crippen molar-refractivity contribution in [3.63, 3.8) is 0 Å². The van der Waals surface area contributed by atoms with Gasteiger partial charge in [0, 0.05) is 6.07 Å². The highest BCUT2D eigenvalue weighted by molar-refractivity contribution is 5.36. The van der Waals surface area contributed by atoms with E-state index in [1.54, 1.807) is 13.2 Å². The second kappa shape index (κ2) is 6.41. The minimum atomic E-state index is -0.253. The van der Waals surface area contributed by atoms with Crippen LogP contribution in [0, 0.1) is 5.82 Å². The van der Waals surface area contributed by atoms with E-state index in [4.69, 9.17) is 4.74 Å². The molecule has 0 spiro atoms. The molecule has 0 amide bonds. The van der Waals surface area contributed by atoms with Gasteiger partial charge in [0.05, 0.1) is 7.11 Å². The lowest BCUT2D eigenvalue weighted by Crippen LogP contribution is -1.94. The number of rotatable bonds is 2. The number of hydrogen-bond donors (Lipinski definition) is 0. The first-order chi connectivity index (χ1) is 6.65. The molecule has 0 bridgehead atoms. The lowest BCUT2D eigenvalue weighted by molar-refractivity contribution is 0.404. The van der Waals surface area contributed by atoms with Crippen molar-refractivity contribution >= 4 is 0 Å². The highest BCUT2D eigenvalue weighted by atomic mass is 19.1. The van der Waals surface area contributed by atoms with E-state index in [1.165, 1.54) is 12.1 Å². The van der Waals surface area contributed by atoms with Crippen molar-refractivity contribution in [1.29, 1.82) is 0 Å². The Labute approximate surface area is 85.9 Å². The Bertz CT molecular complexity index is 269. The molecule has 1 nitrogen and oxygen atoms in total. The molecule has 80 valence electrons. The third-order valence-corrected chi connectivity index (χ3v) is 1.82. The van der Waals surface area contributed by atoms with Gasteiger partial charge >= 0.3 is 0 Å². The van der Waals surface area contributed by atoms with Gasteiger partial charge in [0.2, 0.25) is 0 Å². The van der Waals surface area contributed by atoms with Crippen molar-refractivity contribution in [2.45, 2.75) is 33.6 Å². The normalized spacial score (nSPS) is 9.36. The summed E-state index contributed by atoms with van der Waals surface area (Å²) in [5.41, 5.74) is 1.04. The van der Waals surface area contributed by atoms with Crippen LogP contribution in [-0.2, 0) is 0 Å². The molecule has 0 atom stereocenters. The van der Waals surface area contributed by atoms with Gasteiger partial charge in [-0.3, -0.25) is 0 Å². The molecule has 14 heavy (non-hydrogen) atoms. The van der Waals surface area contributed by atoms with Crippen molar-refractivity contribution in [3.8, 4) is 5.75 Å². The molecule has 0 aliphatic carbocycles. The van der Waals surface area contributed by atoms with Gasteiger partial charge in [-0.05, 0) is 17.5 Å². The Morgan fingerprint density at radius 1 is 1.21 bits per heavy atom. The summed E-state index contributed by atoms with van der Waals surface area (Å²) >= 11 is 0. The molecule has 0 aliphatic heterocycles. The zero-order valence-electron chi connectivity index (χ0n) is 9.60. The van der Waals surface area contributed by atoms with Gasteiger partial charge in [0.1, 0.15) is 11.6 Å². The smallest absolute Gasteiger partial charge is 0.126 e. The quantitative estimate of drug-likeness (QED) is 0.698. The first-order valence-corrected chi connectivity index (χ1v) is 4.98. The van der Waals surface area contributed by atoms with Gasteiger partial charge in [0.25, 0.3) is 0 Å². The summed E-state index contributed by atoms with van der Waals surface area (Å²) in [5, 5.41) is 0. The molecule has 2 heteroatoms. The van der Waals surface area contributed by atoms with Gasteiger partial charge < -0.3 is 4.74 Å². The summed E-state index contributed by atoms with van der Waals surface area (Å²) in [7, 11) is 1.56. The highest BCUT2D eigenvalue weighted by Gasteiger charge is 2.07. The number of ether oxygens (including phenoxy) is 1. The summed E-state index contributed by atoms with van der Waals surface area (Å²) < 4.78 is 17.8. The number of methoxy groups -OCH3 is 1. The Morgan fingerprint density at radius 3 is 2.21 bits per heavy atom. The molecule has 0 unspecified atom stereocenters. The molecule has 0 fully saturated rings. The van der Waals surface area contributed by atoms with Crippen molar-refractivity contribution in [1.82, 2.24) is 0 Å². The molecule has 0 saturated carbocycles. The number of benzene rings is 1. The molecule has 0 heterocycles. The third-order valence-electron chi connectivity index (χ3n) is 1.82.